The summed E-state index contributed by atoms with van der Waals surface area (Å²) in [7, 11) is 1.39. The number of benzene rings is 1. The summed E-state index contributed by atoms with van der Waals surface area (Å²) in [5.74, 6) is -0.402. The molecule has 1 aliphatic heterocycles. The van der Waals surface area contributed by atoms with Crippen LogP contribution in [0.5, 0.6) is 0 Å². The number of carbonyl (C=O) groups is 2. The van der Waals surface area contributed by atoms with Gasteiger partial charge in [-0.3, -0.25) is 9.59 Å². The van der Waals surface area contributed by atoms with Gasteiger partial charge in [-0.15, -0.1) is 0 Å². The second-order valence-electron chi connectivity index (χ2n) is 4.93. The molecule has 1 aromatic carbocycles. The van der Waals surface area contributed by atoms with Crippen LogP contribution in [-0.4, -0.2) is 37.0 Å². The molecule has 4 heteroatoms. The number of methoxy groups -OCH3 is 1. The first kappa shape index (κ1) is 13.6. The van der Waals surface area contributed by atoms with E-state index in [9.17, 15) is 9.59 Å². The molecule has 1 atom stereocenters. The van der Waals surface area contributed by atoms with Gasteiger partial charge in [0.1, 0.15) is 0 Å². The average Bonchev–Trinajstić information content (AvgIpc) is 2.46. The quantitative estimate of drug-likeness (QED) is 0.765. The van der Waals surface area contributed by atoms with E-state index in [0.29, 0.717) is 18.7 Å². The molecular weight excluding hydrogens is 242 g/mol. The van der Waals surface area contributed by atoms with Crippen molar-refractivity contribution >= 4 is 11.9 Å². The van der Waals surface area contributed by atoms with Crippen LogP contribution in [-0.2, 0) is 9.53 Å². The molecule has 4 nitrogen and oxygen atoms in total. The Morgan fingerprint density at radius 3 is 2.74 bits per heavy atom. The Hall–Kier alpha value is -1.84. The van der Waals surface area contributed by atoms with Crippen LogP contribution in [0.2, 0.25) is 0 Å². The summed E-state index contributed by atoms with van der Waals surface area (Å²) in [6.45, 7) is 3.09. The van der Waals surface area contributed by atoms with Crippen LogP contribution in [0.1, 0.15) is 28.8 Å². The zero-order chi connectivity index (χ0) is 13.8. The SMILES string of the molecule is COC(=O)C1CCCN(C(=O)c2ccccc2C)C1. The van der Waals surface area contributed by atoms with Crippen LogP contribution in [0.15, 0.2) is 24.3 Å². The molecule has 1 heterocycles. The number of esters is 1. The highest BCUT2D eigenvalue weighted by molar-refractivity contribution is 5.96. The molecule has 1 unspecified atom stereocenters. The van der Waals surface area contributed by atoms with Gasteiger partial charge in [-0.05, 0) is 31.4 Å². The second kappa shape index (κ2) is 5.87. The Labute approximate surface area is 113 Å². The number of carbonyl (C=O) groups excluding carboxylic acids is 2. The summed E-state index contributed by atoms with van der Waals surface area (Å²) in [5.41, 5.74) is 1.68. The van der Waals surface area contributed by atoms with Crippen LogP contribution in [0.4, 0.5) is 0 Å². The fourth-order valence-corrected chi connectivity index (χ4v) is 2.50. The summed E-state index contributed by atoms with van der Waals surface area (Å²) >= 11 is 0. The van der Waals surface area contributed by atoms with Crippen molar-refractivity contribution in [2.75, 3.05) is 20.2 Å². The number of amides is 1. The van der Waals surface area contributed by atoms with Gasteiger partial charge in [0.25, 0.3) is 5.91 Å². The largest absolute Gasteiger partial charge is 0.469 e. The Balaban J connectivity index is 2.11. The molecule has 1 fully saturated rings. The number of hydrogen-bond acceptors (Lipinski definition) is 3. The first-order valence-electron chi connectivity index (χ1n) is 6.56. The van der Waals surface area contributed by atoms with Gasteiger partial charge in [0.05, 0.1) is 13.0 Å². The van der Waals surface area contributed by atoms with Gasteiger partial charge in [-0.2, -0.15) is 0 Å². The summed E-state index contributed by atoms with van der Waals surface area (Å²) in [6, 6.07) is 7.54. The molecule has 102 valence electrons. The van der Waals surface area contributed by atoms with Crippen LogP contribution in [0.25, 0.3) is 0 Å². The number of aryl methyl sites for hydroxylation is 1. The first-order valence-corrected chi connectivity index (χ1v) is 6.56. The van der Waals surface area contributed by atoms with Crippen LogP contribution in [0.3, 0.4) is 0 Å². The topological polar surface area (TPSA) is 46.6 Å². The van der Waals surface area contributed by atoms with Crippen LogP contribution < -0.4 is 0 Å². The lowest BCUT2D eigenvalue weighted by atomic mass is 9.97. The lowest BCUT2D eigenvalue weighted by Crippen LogP contribution is -2.42. The number of piperidine rings is 1. The molecule has 1 aromatic rings. The van der Waals surface area contributed by atoms with Gasteiger partial charge in [0.2, 0.25) is 0 Å². The van der Waals surface area contributed by atoms with Crippen LogP contribution in [0, 0.1) is 12.8 Å². The third kappa shape index (κ3) is 2.95. The standard InChI is InChI=1S/C15H19NO3/c1-11-6-3-4-8-13(11)14(17)16-9-5-7-12(10-16)15(18)19-2/h3-4,6,8,12H,5,7,9-10H2,1-2H3. The molecular formula is C15H19NO3. The Kier molecular flexibility index (Phi) is 4.20. The van der Waals surface area contributed by atoms with Crippen molar-refractivity contribution in [2.24, 2.45) is 5.92 Å². The fraction of sp³-hybridized carbons (Fsp3) is 0.467. The number of hydrogen-bond donors (Lipinski definition) is 0. The number of likely N-dealkylation sites (tertiary alicyclic amines) is 1. The van der Waals surface area contributed by atoms with Crippen molar-refractivity contribution in [2.45, 2.75) is 19.8 Å². The van der Waals surface area contributed by atoms with E-state index in [1.54, 1.807) is 4.90 Å². The predicted octanol–water partition coefficient (Wildman–Crippen LogP) is 2.02. The number of ether oxygens (including phenoxy) is 1. The maximum Gasteiger partial charge on any atom is 0.310 e. The van der Waals surface area contributed by atoms with E-state index in [2.05, 4.69) is 0 Å². The lowest BCUT2D eigenvalue weighted by Gasteiger charge is -2.31. The van der Waals surface area contributed by atoms with Gasteiger partial charge in [0, 0.05) is 18.7 Å². The van der Waals surface area contributed by atoms with E-state index in [4.69, 9.17) is 4.74 Å². The highest BCUT2D eigenvalue weighted by atomic mass is 16.5. The Morgan fingerprint density at radius 1 is 1.32 bits per heavy atom. The molecule has 0 spiro atoms. The van der Waals surface area contributed by atoms with Gasteiger partial charge < -0.3 is 9.64 Å². The third-order valence-corrected chi connectivity index (χ3v) is 3.62. The number of rotatable bonds is 2. The van der Waals surface area contributed by atoms with Crippen molar-refractivity contribution in [1.82, 2.24) is 4.90 Å². The average molecular weight is 261 g/mol. The zero-order valence-electron chi connectivity index (χ0n) is 11.4. The molecule has 0 saturated carbocycles. The van der Waals surface area contributed by atoms with E-state index in [1.807, 2.05) is 31.2 Å². The van der Waals surface area contributed by atoms with Crippen molar-refractivity contribution in [3.05, 3.63) is 35.4 Å². The molecule has 1 amide bonds. The summed E-state index contributed by atoms with van der Waals surface area (Å²) in [4.78, 5) is 25.8. The van der Waals surface area contributed by atoms with E-state index < -0.39 is 0 Å². The van der Waals surface area contributed by atoms with Gasteiger partial charge in [-0.25, -0.2) is 0 Å². The predicted molar refractivity (Wildman–Crippen MR) is 71.8 cm³/mol. The summed E-state index contributed by atoms with van der Waals surface area (Å²) < 4.78 is 4.77. The summed E-state index contributed by atoms with van der Waals surface area (Å²) in [5, 5.41) is 0. The zero-order valence-corrected chi connectivity index (χ0v) is 11.4. The van der Waals surface area contributed by atoms with E-state index in [-0.39, 0.29) is 17.8 Å². The highest BCUT2D eigenvalue weighted by Gasteiger charge is 2.29. The van der Waals surface area contributed by atoms with Crippen molar-refractivity contribution < 1.29 is 14.3 Å². The fourth-order valence-electron chi connectivity index (χ4n) is 2.50. The second-order valence-corrected chi connectivity index (χ2v) is 4.93. The van der Waals surface area contributed by atoms with Gasteiger partial charge in [0.15, 0.2) is 0 Å². The molecule has 0 bridgehead atoms. The van der Waals surface area contributed by atoms with E-state index in [0.717, 1.165) is 18.4 Å². The minimum absolute atomic E-state index is 0.00621. The number of nitrogens with zero attached hydrogens (tertiary/aromatic N) is 1. The summed E-state index contributed by atoms with van der Waals surface area (Å²) in [6.07, 6.45) is 1.64. The van der Waals surface area contributed by atoms with E-state index >= 15 is 0 Å². The van der Waals surface area contributed by atoms with E-state index in [1.165, 1.54) is 7.11 Å². The lowest BCUT2D eigenvalue weighted by molar-refractivity contribution is -0.146. The first-order chi connectivity index (χ1) is 9.13. The smallest absolute Gasteiger partial charge is 0.310 e. The van der Waals surface area contributed by atoms with Gasteiger partial charge in [-0.1, -0.05) is 18.2 Å². The van der Waals surface area contributed by atoms with Gasteiger partial charge >= 0.3 is 5.97 Å². The molecule has 2 rings (SSSR count). The molecule has 0 aromatic heterocycles. The highest BCUT2D eigenvalue weighted by Crippen LogP contribution is 2.20. The normalized spacial score (nSPS) is 19.1. The van der Waals surface area contributed by atoms with Crippen molar-refractivity contribution in [3.63, 3.8) is 0 Å². The third-order valence-electron chi connectivity index (χ3n) is 3.62. The van der Waals surface area contributed by atoms with Crippen molar-refractivity contribution in [1.29, 1.82) is 0 Å². The maximum atomic E-state index is 12.5. The Morgan fingerprint density at radius 2 is 2.05 bits per heavy atom. The molecule has 0 radical (unpaired) electrons. The monoisotopic (exact) mass is 261 g/mol. The molecule has 0 N–H and O–H groups in total. The minimum atomic E-state index is -0.220. The maximum absolute atomic E-state index is 12.5. The molecule has 19 heavy (non-hydrogen) atoms. The van der Waals surface area contributed by atoms with Crippen LogP contribution >= 0.6 is 0 Å². The molecule has 0 aliphatic carbocycles. The Bertz CT molecular complexity index is 484. The van der Waals surface area contributed by atoms with Crippen molar-refractivity contribution in [3.8, 4) is 0 Å². The molecule has 1 saturated heterocycles. The molecule has 1 aliphatic rings. The minimum Gasteiger partial charge on any atom is -0.469 e.